The highest BCUT2D eigenvalue weighted by molar-refractivity contribution is 6.01. The first-order valence-corrected chi connectivity index (χ1v) is 7.71. The van der Waals surface area contributed by atoms with Gasteiger partial charge in [0.15, 0.2) is 0 Å². The molecular formula is C16H18N4O3. The molecule has 0 N–H and O–H groups in total. The number of furan rings is 1. The number of amides is 2. The minimum absolute atomic E-state index is 0.0664. The molecule has 2 saturated heterocycles. The molecule has 2 amide bonds. The van der Waals surface area contributed by atoms with Crippen LogP contribution in [0.2, 0.25) is 0 Å². The molecule has 1 unspecified atom stereocenters. The fraction of sp³-hybridized carbons (Fsp3) is 0.438. The number of hydrogen-bond acceptors (Lipinski definition) is 4. The van der Waals surface area contributed by atoms with Gasteiger partial charge in [-0.25, -0.2) is 0 Å². The molecule has 0 radical (unpaired) electrons. The van der Waals surface area contributed by atoms with Crippen molar-refractivity contribution in [2.45, 2.75) is 12.8 Å². The van der Waals surface area contributed by atoms with E-state index in [1.165, 1.54) is 12.5 Å². The first kappa shape index (κ1) is 14.0. The Morgan fingerprint density at radius 1 is 1.35 bits per heavy atom. The van der Waals surface area contributed by atoms with Crippen molar-refractivity contribution in [2.24, 2.45) is 12.5 Å². The molecule has 4 rings (SSSR count). The fourth-order valence-electron chi connectivity index (χ4n) is 3.61. The lowest BCUT2D eigenvalue weighted by Gasteiger charge is -2.23. The molecule has 4 heterocycles. The lowest BCUT2D eigenvalue weighted by molar-refractivity contribution is -0.124. The zero-order chi connectivity index (χ0) is 16.0. The van der Waals surface area contributed by atoms with E-state index in [0.29, 0.717) is 31.6 Å². The van der Waals surface area contributed by atoms with E-state index in [0.717, 1.165) is 12.1 Å². The summed E-state index contributed by atoms with van der Waals surface area (Å²) in [5.41, 5.74) is 0.917. The summed E-state index contributed by atoms with van der Waals surface area (Å²) in [7, 11) is 1.83. The number of aryl methyl sites for hydroxylation is 1. The number of rotatable bonds is 2. The van der Waals surface area contributed by atoms with Crippen molar-refractivity contribution in [1.29, 1.82) is 0 Å². The largest absolute Gasteiger partial charge is 0.472 e. The molecule has 0 saturated carbocycles. The number of nitrogens with zero attached hydrogens (tertiary/aromatic N) is 4. The quantitative estimate of drug-likeness (QED) is 0.837. The van der Waals surface area contributed by atoms with E-state index in [1.807, 2.05) is 13.2 Å². The van der Waals surface area contributed by atoms with Crippen molar-refractivity contribution in [3.05, 3.63) is 36.5 Å². The summed E-state index contributed by atoms with van der Waals surface area (Å²) in [6.07, 6.45) is 7.98. The van der Waals surface area contributed by atoms with Gasteiger partial charge in [0.05, 0.1) is 29.1 Å². The molecule has 2 aromatic heterocycles. The van der Waals surface area contributed by atoms with Crippen LogP contribution in [-0.2, 0) is 11.8 Å². The first-order valence-electron chi connectivity index (χ1n) is 7.71. The average Bonchev–Trinajstić information content (AvgIpc) is 3.30. The topological polar surface area (TPSA) is 71.6 Å². The minimum atomic E-state index is -0.449. The van der Waals surface area contributed by atoms with Crippen molar-refractivity contribution in [1.82, 2.24) is 14.7 Å². The lowest BCUT2D eigenvalue weighted by atomic mass is 9.85. The molecule has 1 spiro atoms. The summed E-state index contributed by atoms with van der Waals surface area (Å²) in [4.78, 5) is 28.9. The molecule has 2 aliphatic rings. The Morgan fingerprint density at radius 3 is 2.87 bits per heavy atom. The Labute approximate surface area is 133 Å². The van der Waals surface area contributed by atoms with E-state index >= 15 is 0 Å². The van der Waals surface area contributed by atoms with Gasteiger partial charge < -0.3 is 14.2 Å². The van der Waals surface area contributed by atoms with Crippen molar-refractivity contribution >= 4 is 17.5 Å². The van der Waals surface area contributed by atoms with E-state index in [1.54, 1.807) is 26.7 Å². The number of hydrogen-bond donors (Lipinski definition) is 0. The Hall–Kier alpha value is -2.57. The van der Waals surface area contributed by atoms with Gasteiger partial charge >= 0.3 is 0 Å². The Morgan fingerprint density at radius 2 is 2.17 bits per heavy atom. The smallest absolute Gasteiger partial charge is 0.257 e. The van der Waals surface area contributed by atoms with E-state index in [4.69, 9.17) is 4.42 Å². The second-order valence-corrected chi connectivity index (χ2v) is 6.35. The molecule has 0 aromatic carbocycles. The molecule has 0 aliphatic carbocycles. The van der Waals surface area contributed by atoms with Gasteiger partial charge in [-0.3, -0.25) is 14.3 Å². The molecule has 2 aromatic rings. The van der Waals surface area contributed by atoms with Crippen LogP contribution in [0, 0.1) is 5.41 Å². The normalized spacial score (nSPS) is 24.1. The number of carbonyl (C=O) groups excluding carboxylic acids is 2. The highest BCUT2D eigenvalue weighted by Crippen LogP contribution is 2.42. The van der Waals surface area contributed by atoms with Crippen LogP contribution in [0.3, 0.4) is 0 Å². The highest BCUT2D eigenvalue weighted by Gasteiger charge is 2.52. The molecule has 0 bridgehead atoms. The van der Waals surface area contributed by atoms with Crippen LogP contribution in [-0.4, -0.2) is 46.1 Å². The summed E-state index contributed by atoms with van der Waals surface area (Å²) in [5.74, 6) is 0.0382. The lowest BCUT2D eigenvalue weighted by Crippen LogP contribution is -2.38. The Bertz CT molecular complexity index is 751. The third kappa shape index (κ3) is 2.15. The average molecular weight is 314 g/mol. The van der Waals surface area contributed by atoms with Crippen LogP contribution in [0.1, 0.15) is 23.2 Å². The second kappa shape index (κ2) is 4.97. The summed E-state index contributed by atoms with van der Waals surface area (Å²) < 4.78 is 6.67. The molecule has 23 heavy (non-hydrogen) atoms. The van der Waals surface area contributed by atoms with E-state index < -0.39 is 5.41 Å². The maximum absolute atomic E-state index is 12.9. The third-order valence-corrected chi connectivity index (χ3v) is 4.92. The number of aromatic nitrogens is 2. The molecule has 2 fully saturated rings. The number of likely N-dealkylation sites (tertiary alicyclic amines) is 1. The zero-order valence-electron chi connectivity index (χ0n) is 12.9. The summed E-state index contributed by atoms with van der Waals surface area (Å²) in [5, 5.41) is 4.14. The fourth-order valence-corrected chi connectivity index (χ4v) is 3.61. The van der Waals surface area contributed by atoms with Crippen molar-refractivity contribution in [3.8, 4) is 0 Å². The van der Waals surface area contributed by atoms with Gasteiger partial charge in [0.2, 0.25) is 5.91 Å². The van der Waals surface area contributed by atoms with Crippen LogP contribution in [0.15, 0.2) is 35.4 Å². The maximum Gasteiger partial charge on any atom is 0.257 e. The van der Waals surface area contributed by atoms with E-state index in [9.17, 15) is 9.59 Å². The number of anilines is 1. The van der Waals surface area contributed by atoms with Gasteiger partial charge in [0.25, 0.3) is 5.91 Å². The SMILES string of the molecule is Cn1cc(N2CCC3(CCN(C(=O)c4ccoc4)C3)C2=O)cn1. The highest BCUT2D eigenvalue weighted by atomic mass is 16.3. The first-order chi connectivity index (χ1) is 11.1. The standard InChI is InChI=1S/C16H18N4O3/c1-18-9-13(8-17-18)20-6-4-16(15(20)22)3-5-19(11-16)14(21)12-2-7-23-10-12/h2,7-10H,3-6,11H2,1H3. The maximum atomic E-state index is 12.9. The van der Waals surface area contributed by atoms with Gasteiger partial charge in [-0.1, -0.05) is 0 Å². The van der Waals surface area contributed by atoms with Gasteiger partial charge in [-0.15, -0.1) is 0 Å². The summed E-state index contributed by atoms with van der Waals surface area (Å²) in [6, 6.07) is 1.66. The van der Waals surface area contributed by atoms with Gasteiger partial charge in [-0.05, 0) is 18.9 Å². The zero-order valence-corrected chi connectivity index (χ0v) is 12.9. The van der Waals surface area contributed by atoms with Crippen molar-refractivity contribution in [2.75, 3.05) is 24.5 Å². The van der Waals surface area contributed by atoms with Crippen molar-refractivity contribution in [3.63, 3.8) is 0 Å². The Balaban J connectivity index is 1.52. The predicted molar refractivity (Wildman–Crippen MR) is 81.8 cm³/mol. The van der Waals surface area contributed by atoms with Crippen LogP contribution in [0.5, 0.6) is 0 Å². The number of carbonyl (C=O) groups is 2. The summed E-state index contributed by atoms with van der Waals surface area (Å²) >= 11 is 0. The van der Waals surface area contributed by atoms with Gasteiger partial charge in [-0.2, -0.15) is 5.10 Å². The van der Waals surface area contributed by atoms with Crippen LogP contribution in [0.25, 0.3) is 0 Å². The second-order valence-electron chi connectivity index (χ2n) is 6.35. The van der Waals surface area contributed by atoms with Gasteiger partial charge in [0.1, 0.15) is 6.26 Å². The molecule has 120 valence electrons. The molecular weight excluding hydrogens is 296 g/mol. The summed E-state index contributed by atoms with van der Waals surface area (Å²) in [6.45, 7) is 1.77. The van der Waals surface area contributed by atoms with Crippen LogP contribution >= 0.6 is 0 Å². The molecule has 2 aliphatic heterocycles. The third-order valence-electron chi connectivity index (χ3n) is 4.92. The van der Waals surface area contributed by atoms with Gasteiger partial charge in [0, 0.05) is 32.9 Å². The monoisotopic (exact) mass is 314 g/mol. The molecule has 7 nitrogen and oxygen atoms in total. The van der Waals surface area contributed by atoms with E-state index in [2.05, 4.69) is 5.10 Å². The predicted octanol–water partition coefficient (Wildman–Crippen LogP) is 1.28. The Kier molecular flexibility index (Phi) is 3.04. The molecule has 1 atom stereocenters. The van der Waals surface area contributed by atoms with Crippen molar-refractivity contribution < 1.29 is 14.0 Å². The van der Waals surface area contributed by atoms with Crippen LogP contribution < -0.4 is 4.90 Å². The minimum Gasteiger partial charge on any atom is -0.472 e. The van der Waals surface area contributed by atoms with E-state index in [-0.39, 0.29) is 11.8 Å². The van der Waals surface area contributed by atoms with Crippen LogP contribution in [0.4, 0.5) is 5.69 Å². The molecule has 7 heteroatoms.